The highest BCUT2D eigenvalue weighted by Crippen LogP contribution is 2.25. The average Bonchev–Trinajstić information content (AvgIpc) is 2.30. The molecule has 1 atom stereocenters. The van der Waals surface area contributed by atoms with Gasteiger partial charge in [0, 0.05) is 12.7 Å². The fourth-order valence-corrected chi connectivity index (χ4v) is 2.09. The lowest BCUT2D eigenvalue weighted by atomic mass is 9.97. The Morgan fingerprint density at radius 1 is 1.50 bits per heavy atom. The average molecular weight is 308 g/mol. The molecule has 0 bridgehead atoms. The van der Waals surface area contributed by atoms with E-state index in [-0.39, 0.29) is 17.5 Å². The van der Waals surface area contributed by atoms with E-state index in [9.17, 15) is 19.6 Å². The molecule has 0 aromatic heterocycles. The van der Waals surface area contributed by atoms with E-state index in [1.54, 1.807) is 0 Å². The summed E-state index contributed by atoms with van der Waals surface area (Å²) in [6.07, 6.45) is 0. The zero-order chi connectivity index (χ0) is 15.9. The van der Waals surface area contributed by atoms with E-state index in [0.717, 1.165) is 11.8 Å². The first-order valence-corrected chi connectivity index (χ1v) is 6.57. The summed E-state index contributed by atoms with van der Waals surface area (Å²) in [6.45, 7) is 3.90. The lowest BCUT2D eigenvalue weighted by molar-refractivity contribution is -0.313. The molecule has 0 aromatic carbocycles. The van der Waals surface area contributed by atoms with Crippen molar-refractivity contribution >= 4 is 28.7 Å². The Bertz CT molecular complexity index is 374. The highest BCUT2D eigenvalue weighted by Gasteiger charge is 2.30. The topological polar surface area (TPSA) is 145 Å². The maximum Gasteiger partial charge on any atom is 0.240 e. The molecule has 0 heterocycles. The van der Waals surface area contributed by atoms with Gasteiger partial charge < -0.3 is 21.5 Å². The van der Waals surface area contributed by atoms with Crippen LogP contribution >= 0.6 is 11.8 Å². The lowest BCUT2D eigenvalue weighted by Gasteiger charge is -2.27. The fraction of sp³-hybridized carbons (Fsp3) is 0.700. The van der Waals surface area contributed by atoms with E-state index >= 15 is 0 Å². The number of hydrogen-bond donors (Lipinski definition) is 3. The SMILES string of the molecule is CC(=O)N[C@@H](CSC(=O)C(C)(C)CON([O-])O)C(N)=O. The van der Waals surface area contributed by atoms with Crippen LogP contribution in [-0.2, 0) is 19.2 Å². The third-order valence-electron chi connectivity index (χ3n) is 2.19. The van der Waals surface area contributed by atoms with Gasteiger partial charge in [0.1, 0.15) is 6.04 Å². The summed E-state index contributed by atoms with van der Waals surface area (Å²) in [5, 5.41) is 19.7. The van der Waals surface area contributed by atoms with Crippen LogP contribution in [0.2, 0.25) is 0 Å². The van der Waals surface area contributed by atoms with Gasteiger partial charge >= 0.3 is 0 Å². The molecule has 0 spiro atoms. The number of nitrogens with zero attached hydrogens (tertiary/aromatic N) is 1. The minimum atomic E-state index is -1.06. The molecular weight excluding hydrogens is 290 g/mol. The molecule has 9 nitrogen and oxygen atoms in total. The highest BCUT2D eigenvalue weighted by atomic mass is 32.2. The zero-order valence-corrected chi connectivity index (χ0v) is 12.2. The number of carbonyl (C=O) groups excluding carboxylic acids is 3. The van der Waals surface area contributed by atoms with Crippen LogP contribution < -0.4 is 11.1 Å². The molecule has 4 N–H and O–H groups in total. The van der Waals surface area contributed by atoms with E-state index in [0.29, 0.717) is 0 Å². The van der Waals surface area contributed by atoms with Gasteiger partial charge in [-0.25, -0.2) is 0 Å². The Morgan fingerprint density at radius 2 is 2.05 bits per heavy atom. The Morgan fingerprint density at radius 3 is 2.45 bits per heavy atom. The van der Waals surface area contributed by atoms with Gasteiger partial charge in [0.25, 0.3) is 0 Å². The second kappa shape index (κ2) is 8.17. The monoisotopic (exact) mass is 308 g/mol. The molecule has 0 unspecified atom stereocenters. The summed E-state index contributed by atoms with van der Waals surface area (Å²) in [5.41, 5.74) is 4.03. The quantitative estimate of drug-likeness (QED) is 0.503. The van der Waals surface area contributed by atoms with Crippen LogP contribution in [0.5, 0.6) is 0 Å². The summed E-state index contributed by atoms with van der Waals surface area (Å²) in [7, 11) is 0. The Hall–Kier alpha value is -1.20. The van der Waals surface area contributed by atoms with Gasteiger partial charge in [-0.3, -0.25) is 19.2 Å². The first-order chi connectivity index (χ1) is 9.06. The van der Waals surface area contributed by atoms with Crippen LogP contribution in [0.25, 0.3) is 0 Å². The minimum absolute atomic E-state index is 0.0304. The number of thioether (sulfide) groups is 1. The van der Waals surface area contributed by atoms with Crippen molar-refractivity contribution in [2.45, 2.75) is 26.8 Å². The number of amides is 2. The molecule has 0 saturated carbocycles. The summed E-state index contributed by atoms with van der Waals surface area (Å²) >= 11 is 0.777. The zero-order valence-electron chi connectivity index (χ0n) is 11.4. The van der Waals surface area contributed by atoms with Gasteiger partial charge in [-0.2, -0.15) is 0 Å². The molecule has 2 amide bonds. The summed E-state index contributed by atoms with van der Waals surface area (Å²) in [6, 6.07) is -0.966. The van der Waals surface area contributed by atoms with Crippen LogP contribution in [0.4, 0.5) is 0 Å². The van der Waals surface area contributed by atoms with Crippen molar-refractivity contribution in [3.63, 3.8) is 0 Å². The first kappa shape index (κ1) is 18.8. The maximum absolute atomic E-state index is 11.9. The van der Waals surface area contributed by atoms with Crippen LogP contribution in [0, 0.1) is 10.6 Å². The predicted molar refractivity (Wildman–Crippen MR) is 71.0 cm³/mol. The van der Waals surface area contributed by atoms with Crippen LogP contribution in [0.1, 0.15) is 20.8 Å². The van der Waals surface area contributed by atoms with Gasteiger partial charge in [-0.15, -0.1) is 5.39 Å². The molecule has 0 saturated heterocycles. The van der Waals surface area contributed by atoms with Gasteiger partial charge in [0.05, 0.1) is 12.0 Å². The van der Waals surface area contributed by atoms with Crippen molar-refractivity contribution in [2.24, 2.45) is 11.1 Å². The molecular formula is C10H18N3O6S-. The van der Waals surface area contributed by atoms with Crippen molar-refractivity contribution in [2.75, 3.05) is 12.4 Å². The molecule has 20 heavy (non-hydrogen) atoms. The predicted octanol–water partition coefficient (Wildman–Crippen LogP) is -0.617. The number of hydrogen-bond acceptors (Lipinski definition) is 8. The first-order valence-electron chi connectivity index (χ1n) is 5.59. The summed E-state index contributed by atoms with van der Waals surface area (Å²) in [5.74, 6) is -1.22. The number of nitrogens with one attached hydrogen (secondary N) is 1. The Kier molecular flexibility index (Phi) is 7.68. The molecule has 0 aliphatic carbocycles. The summed E-state index contributed by atoms with van der Waals surface area (Å²) in [4.78, 5) is 38.2. The van der Waals surface area contributed by atoms with Crippen LogP contribution in [0.3, 0.4) is 0 Å². The molecule has 116 valence electrons. The van der Waals surface area contributed by atoms with E-state index < -0.39 is 28.7 Å². The molecule has 0 aromatic rings. The normalized spacial score (nSPS) is 13.1. The largest absolute Gasteiger partial charge is 0.738 e. The summed E-state index contributed by atoms with van der Waals surface area (Å²) < 4.78 is 0. The van der Waals surface area contributed by atoms with Gasteiger partial charge in [0.15, 0.2) is 5.12 Å². The smallest absolute Gasteiger partial charge is 0.240 e. The van der Waals surface area contributed by atoms with Crippen molar-refractivity contribution < 1.29 is 24.4 Å². The Labute approximate surface area is 120 Å². The van der Waals surface area contributed by atoms with Crippen molar-refractivity contribution in [1.82, 2.24) is 10.7 Å². The molecule has 10 heteroatoms. The fourth-order valence-electron chi connectivity index (χ4n) is 1.07. The standard InChI is InChI=1S/C10H18N3O6S/c1-6(14)12-7(8(11)15)4-20-9(16)10(2,3)5-19-13(17)18/h7,17H,4-5H2,1-3H3,(H2,11,15)(H,12,14)/q-1/t7-/m0/s1. The van der Waals surface area contributed by atoms with Crippen LogP contribution in [0.15, 0.2) is 0 Å². The van der Waals surface area contributed by atoms with E-state index in [1.165, 1.54) is 20.8 Å². The van der Waals surface area contributed by atoms with Crippen molar-refractivity contribution in [3.05, 3.63) is 5.21 Å². The number of carbonyl (C=O) groups is 3. The number of primary amides is 1. The molecule has 0 aliphatic rings. The van der Waals surface area contributed by atoms with Crippen molar-refractivity contribution in [1.29, 1.82) is 0 Å². The second-order valence-electron chi connectivity index (χ2n) is 4.65. The van der Waals surface area contributed by atoms with E-state index in [4.69, 9.17) is 10.9 Å². The van der Waals surface area contributed by atoms with Gasteiger partial charge in [-0.1, -0.05) is 11.8 Å². The highest BCUT2D eigenvalue weighted by molar-refractivity contribution is 8.13. The third kappa shape index (κ3) is 7.40. The van der Waals surface area contributed by atoms with E-state index in [2.05, 4.69) is 10.2 Å². The molecule has 0 aliphatic heterocycles. The molecule has 0 fully saturated rings. The lowest BCUT2D eigenvalue weighted by Crippen LogP contribution is -2.45. The second-order valence-corrected chi connectivity index (χ2v) is 5.64. The number of nitrogens with two attached hydrogens (primary N) is 1. The molecule has 0 rings (SSSR count). The van der Waals surface area contributed by atoms with Gasteiger partial charge in [-0.05, 0) is 13.8 Å². The van der Waals surface area contributed by atoms with Crippen molar-refractivity contribution in [3.8, 4) is 0 Å². The van der Waals surface area contributed by atoms with Gasteiger partial charge in [0.2, 0.25) is 11.8 Å². The number of rotatable bonds is 8. The van der Waals surface area contributed by atoms with Crippen LogP contribution in [-0.4, -0.2) is 45.9 Å². The Balaban J connectivity index is 4.43. The minimum Gasteiger partial charge on any atom is -0.738 e. The maximum atomic E-state index is 11.9. The third-order valence-corrected chi connectivity index (χ3v) is 3.51. The molecule has 0 radical (unpaired) electrons. The van der Waals surface area contributed by atoms with E-state index in [1.807, 2.05) is 0 Å².